The van der Waals surface area contributed by atoms with Gasteiger partial charge in [0.25, 0.3) is 0 Å². The van der Waals surface area contributed by atoms with Crippen molar-refractivity contribution >= 4 is 17.4 Å². The summed E-state index contributed by atoms with van der Waals surface area (Å²) in [6, 6.07) is 0.382. The quantitative estimate of drug-likeness (QED) is 0.758. The number of nitrogens with zero attached hydrogens (tertiary/aromatic N) is 3. The highest BCUT2D eigenvalue weighted by molar-refractivity contribution is 6.18. The number of aromatic nitrogens is 2. The number of ether oxygens (including phenoxy) is 1. The maximum atomic E-state index is 5.95. The van der Waals surface area contributed by atoms with Crippen LogP contribution < -0.4 is 9.64 Å². The molecule has 4 nitrogen and oxygen atoms in total. The largest absolute Gasteiger partial charge is 0.477 e. The first-order valence-corrected chi connectivity index (χ1v) is 6.66. The molecule has 0 aliphatic carbocycles. The van der Waals surface area contributed by atoms with Gasteiger partial charge in [-0.15, -0.1) is 11.6 Å². The third kappa shape index (κ3) is 3.00. The highest BCUT2D eigenvalue weighted by atomic mass is 35.5. The van der Waals surface area contributed by atoms with Crippen molar-refractivity contribution in [2.24, 2.45) is 0 Å². The smallest absolute Gasteiger partial charge is 0.234 e. The van der Waals surface area contributed by atoms with Gasteiger partial charge >= 0.3 is 0 Å². The first-order chi connectivity index (χ1) is 8.35. The lowest BCUT2D eigenvalue weighted by atomic mass is 10.2. The van der Waals surface area contributed by atoms with Crippen LogP contribution in [0.15, 0.2) is 12.4 Å². The van der Waals surface area contributed by atoms with Crippen LogP contribution in [0.4, 0.5) is 5.82 Å². The Labute approximate surface area is 107 Å². The molecule has 1 aromatic heterocycles. The van der Waals surface area contributed by atoms with Crippen molar-refractivity contribution in [2.75, 3.05) is 23.9 Å². The van der Waals surface area contributed by atoms with Crippen LogP contribution in [0, 0.1) is 0 Å². The minimum Gasteiger partial charge on any atom is -0.477 e. The predicted octanol–water partition coefficient (Wildman–Crippen LogP) is 2.47. The molecule has 5 heteroatoms. The summed E-state index contributed by atoms with van der Waals surface area (Å²) in [5, 5.41) is 0. The van der Waals surface area contributed by atoms with Gasteiger partial charge in [0.2, 0.25) is 5.88 Å². The zero-order valence-electron chi connectivity index (χ0n) is 10.1. The monoisotopic (exact) mass is 255 g/mol. The van der Waals surface area contributed by atoms with Crippen LogP contribution in [0.5, 0.6) is 5.88 Å². The van der Waals surface area contributed by atoms with Gasteiger partial charge in [-0.25, -0.2) is 0 Å². The lowest BCUT2D eigenvalue weighted by Crippen LogP contribution is -2.31. The molecule has 17 heavy (non-hydrogen) atoms. The number of rotatable bonds is 5. The van der Waals surface area contributed by atoms with Crippen molar-refractivity contribution in [1.82, 2.24) is 9.97 Å². The average Bonchev–Trinajstić information content (AvgIpc) is 2.85. The van der Waals surface area contributed by atoms with Crippen molar-refractivity contribution in [3.63, 3.8) is 0 Å². The first-order valence-electron chi connectivity index (χ1n) is 6.12. The van der Waals surface area contributed by atoms with Gasteiger partial charge in [-0.1, -0.05) is 6.92 Å². The number of alkyl halides is 1. The molecule has 0 amide bonds. The Balaban J connectivity index is 2.09. The highest BCUT2D eigenvalue weighted by Gasteiger charge is 2.25. The molecular formula is C12H18ClN3O. The Kier molecular flexibility index (Phi) is 4.42. The van der Waals surface area contributed by atoms with Crippen LogP contribution in [0.2, 0.25) is 0 Å². The predicted molar refractivity (Wildman–Crippen MR) is 68.9 cm³/mol. The fourth-order valence-electron chi connectivity index (χ4n) is 2.05. The molecule has 0 saturated carbocycles. The van der Waals surface area contributed by atoms with Gasteiger partial charge in [0.05, 0.1) is 19.0 Å². The highest BCUT2D eigenvalue weighted by Crippen LogP contribution is 2.25. The summed E-state index contributed by atoms with van der Waals surface area (Å²) in [6.45, 7) is 3.75. The van der Waals surface area contributed by atoms with Crippen LogP contribution in [-0.4, -0.2) is 35.0 Å². The molecule has 1 unspecified atom stereocenters. The van der Waals surface area contributed by atoms with Crippen molar-refractivity contribution in [1.29, 1.82) is 0 Å². The van der Waals surface area contributed by atoms with E-state index in [9.17, 15) is 0 Å². The van der Waals surface area contributed by atoms with E-state index in [1.54, 1.807) is 12.4 Å². The molecule has 1 fully saturated rings. The standard InChI is InChI=1S/C12H18ClN3O/c1-2-6-17-12-9-14-8-11(15-12)16-5-3-4-10(16)7-13/h8-10H,2-7H2,1H3. The maximum Gasteiger partial charge on any atom is 0.234 e. The Bertz CT molecular complexity index is 361. The Morgan fingerprint density at radius 3 is 3.18 bits per heavy atom. The summed E-state index contributed by atoms with van der Waals surface area (Å²) >= 11 is 5.95. The molecule has 2 rings (SSSR count). The van der Waals surface area contributed by atoms with Crippen LogP contribution in [0.25, 0.3) is 0 Å². The summed E-state index contributed by atoms with van der Waals surface area (Å²) < 4.78 is 5.49. The molecule has 1 aliphatic rings. The van der Waals surface area contributed by atoms with Crippen molar-refractivity contribution in [3.8, 4) is 5.88 Å². The summed E-state index contributed by atoms with van der Waals surface area (Å²) in [4.78, 5) is 10.9. The molecule has 0 radical (unpaired) electrons. The van der Waals surface area contributed by atoms with Gasteiger partial charge in [-0.3, -0.25) is 4.98 Å². The lowest BCUT2D eigenvalue weighted by molar-refractivity contribution is 0.304. The average molecular weight is 256 g/mol. The normalized spacial score (nSPS) is 19.6. The van der Waals surface area contributed by atoms with Gasteiger partial charge in [0, 0.05) is 18.5 Å². The molecule has 1 saturated heterocycles. The SMILES string of the molecule is CCCOc1cncc(N2CCCC2CCl)n1. The van der Waals surface area contributed by atoms with E-state index >= 15 is 0 Å². The number of hydrogen-bond donors (Lipinski definition) is 0. The van der Waals surface area contributed by atoms with E-state index in [1.807, 2.05) is 0 Å². The van der Waals surface area contributed by atoms with Crippen molar-refractivity contribution < 1.29 is 4.74 Å². The summed E-state index contributed by atoms with van der Waals surface area (Å²) in [7, 11) is 0. The van der Waals surface area contributed by atoms with Crippen LogP contribution in [0.1, 0.15) is 26.2 Å². The third-order valence-corrected chi connectivity index (χ3v) is 3.26. The number of hydrogen-bond acceptors (Lipinski definition) is 4. The van der Waals surface area contributed by atoms with Gasteiger partial charge in [0.1, 0.15) is 0 Å². The molecule has 0 N–H and O–H groups in total. The topological polar surface area (TPSA) is 38.2 Å². The first kappa shape index (κ1) is 12.4. The molecule has 1 aliphatic heterocycles. The van der Waals surface area contributed by atoms with E-state index in [2.05, 4.69) is 21.8 Å². The maximum absolute atomic E-state index is 5.95. The minimum atomic E-state index is 0.382. The molecular weight excluding hydrogens is 238 g/mol. The van der Waals surface area contributed by atoms with E-state index in [0.29, 0.717) is 24.4 Å². The molecule has 0 bridgehead atoms. The van der Waals surface area contributed by atoms with E-state index in [4.69, 9.17) is 16.3 Å². The second kappa shape index (κ2) is 6.05. The number of halogens is 1. The summed E-state index contributed by atoms with van der Waals surface area (Å²) in [5.74, 6) is 2.12. The van der Waals surface area contributed by atoms with Crippen LogP contribution >= 0.6 is 11.6 Å². The van der Waals surface area contributed by atoms with Crippen LogP contribution in [0.3, 0.4) is 0 Å². The molecule has 0 aromatic carbocycles. The van der Waals surface area contributed by atoms with Crippen LogP contribution in [-0.2, 0) is 0 Å². The molecule has 0 spiro atoms. The van der Waals surface area contributed by atoms with Gasteiger partial charge < -0.3 is 9.64 Å². The molecule has 2 heterocycles. The second-order valence-corrected chi connectivity index (χ2v) is 4.52. The van der Waals surface area contributed by atoms with Crippen molar-refractivity contribution in [2.45, 2.75) is 32.2 Å². The fourth-order valence-corrected chi connectivity index (χ4v) is 2.37. The van der Waals surface area contributed by atoms with E-state index in [-0.39, 0.29) is 0 Å². The summed E-state index contributed by atoms with van der Waals surface area (Å²) in [5.41, 5.74) is 0. The second-order valence-electron chi connectivity index (χ2n) is 4.21. The van der Waals surface area contributed by atoms with Gasteiger partial charge in [0.15, 0.2) is 5.82 Å². The van der Waals surface area contributed by atoms with Gasteiger partial charge in [-0.05, 0) is 19.3 Å². The number of anilines is 1. The third-order valence-electron chi connectivity index (χ3n) is 2.90. The van der Waals surface area contributed by atoms with E-state index < -0.39 is 0 Å². The van der Waals surface area contributed by atoms with Gasteiger partial charge in [-0.2, -0.15) is 4.98 Å². The zero-order chi connectivity index (χ0) is 12.1. The summed E-state index contributed by atoms with van der Waals surface area (Å²) in [6.07, 6.45) is 6.71. The van der Waals surface area contributed by atoms with E-state index in [1.165, 1.54) is 6.42 Å². The molecule has 94 valence electrons. The fraction of sp³-hybridized carbons (Fsp3) is 0.667. The Morgan fingerprint density at radius 2 is 2.41 bits per heavy atom. The minimum absolute atomic E-state index is 0.382. The van der Waals surface area contributed by atoms with E-state index in [0.717, 1.165) is 25.2 Å². The Hall–Kier alpha value is -1.03. The lowest BCUT2D eigenvalue weighted by Gasteiger charge is -2.23. The Morgan fingerprint density at radius 1 is 1.53 bits per heavy atom. The zero-order valence-corrected chi connectivity index (χ0v) is 10.9. The van der Waals surface area contributed by atoms with Crippen molar-refractivity contribution in [3.05, 3.63) is 12.4 Å². The molecule has 1 atom stereocenters. The molecule has 1 aromatic rings.